The topological polar surface area (TPSA) is 68.2 Å². The molecule has 7 heteroatoms. The first-order valence-electron chi connectivity index (χ1n) is 9.34. The third kappa shape index (κ3) is 4.34. The minimum atomic E-state index is -0.570. The first-order chi connectivity index (χ1) is 13.8. The lowest BCUT2D eigenvalue weighted by Crippen LogP contribution is -2.41. The number of fused-ring (bicyclic) bond motifs is 1. The highest BCUT2D eigenvalue weighted by Gasteiger charge is 2.34. The number of halogens is 1. The summed E-state index contributed by atoms with van der Waals surface area (Å²) in [5.41, 5.74) is 1.73. The molecule has 1 atom stereocenters. The fourth-order valence-electron chi connectivity index (χ4n) is 3.46. The van der Waals surface area contributed by atoms with Gasteiger partial charge in [-0.3, -0.25) is 4.79 Å². The Balaban J connectivity index is 2.16. The molecule has 1 amide bonds. The number of para-hydroxylation sites is 1. The second-order valence-corrected chi connectivity index (χ2v) is 8.22. The van der Waals surface area contributed by atoms with E-state index < -0.39 is 11.5 Å². The largest absolute Gasteiger partial charge is 0.493 e. The molecule has 0 aromatic heterocycles. The molecule has 1 aliphatic rings. The Morgan fingerprint density at radius 2 is 1.97 bits per heavy atom. The van der Waals surface area contributed by atoms with E-state index in [0.717, 1.165) is 11.1 Å². The number of hydrogen-bond donors (Lipinski definition) is 1. The van der Waals surface area contributed by atoms with Gasteiger partial charge in [0.15, 0.2) is 11.5 Å². The van der Waals surface area contributed by atoms with Crippen LogP contribution in [0.3, 0.4) is 0 Å². The van der Waals surface area contributed by atoms with Crippen molar-refractivity contribution < 1.29 is 24.1 Å². The highest BCUT2D eigenvalue weighted by atomic mass is 35.5. The number of nitrogens with zero attached hydrogens (tertiary/aromatic N) is 1. The Kier molecular flexibility index (Phi) is 6.36. The van der Waals surface area contributed by atoms with Crippen molar-refractivity contribution in [1.29, 1.82) is 0 Å². The monoisotopic (exact) mass is 419 g/mol. The molecule has 1 unspecified atom stereocenters. The fourth-order valence-corrected chi connectivity index (χ4v) is 3.65. The Hall–Kier alpha value is -2.28. The van der Waals surface area contributed by atoms with E-state index >= 15 is 0 Å². The van der Waals surface area contributed by atoms with Crippen LogP contribution < -0.4 is 14.4 Å². The SMILES string of the molecule is COc1cccc(C2OCC(=O)N(CC(C)(C)CO)c3ccc(Cl)cc32)c1OC. The number of carbonyl (C=O) groups excluding carboxylic acids is 1. The van der Waals surface area contributed by atoms with E-state index in [1.54, 1.807) is 37.3 Å². The average molecular weight is 420 g/mol. The van der Waals surface area contributed by atoms with Crippen molar-refractivity contribution in [3.63, 3.8) is 0 Å². The molecule has 0 radical (unpaired) electrons. The molecular weight excluding hydrogens is 394 g/mol. The Bertz CT molecular complexity index is 899. The predicted octanol–water partition coefficient (Wildman–Crippen LogP) is 3.83. The van der Waals surface area contributed by atoms with E-state index in [4.69, 9.17) is 25.8 Å². The quantitative estimate of drug-likeness (QED) is 0.770. The van der Waals surface area contributed by atoms with E-state index in [-0.39, 0.29) is 19.1 Å². The van der Waals surface area contributed by atoms with Crippen LogP contribution in [0.25, 0.3) is 0 Å². The van der Waals surface area contributed by atoms with Crippen LogP contribution in [0.4, 0.5) is 5.69 Å². The Morgan fingerprint density at radius 1 is 1.21 bits per heavy atom. The van der Waals surface area contributed by atoms with E-state index in [9.17, 15) is 9.90 Å². The minimum absolute atomic E-state index is 0.0479. The molecule has 2 aromatic carbocycles. The van der Waals surface area contributed by atoms with Gasteiger partial charge in [-0.2, -0.15) is 0 Å². The second-order valence-electron chi connectivity index (χ2n) is 7.78. The highest BCUT2D eigenvalue weighted by Crippen LogP contribution is 2.44. The molecule has 1 heterocycles. The molecule has 3 rings (SSSR count). The van der Waals surface area contributed by atoms with Gasteiger partial charge in [0.05, 0.1) is 14.2 Å². The summed E-state index contributed by atoms with van der Waals surface area (Å²) < 4.78 is 17.1. The fraction of sp³-hybridized carbons (Fsp3) is 0.409. The number of benzene rings is 2. The maximum absolute atomic E-state index is 12.9. The van der Waals surface area contributed by atoms with Gasteiger partial charge < -0.3 is 24.2 Å². The number of rotatable bonds is 6. The highest BCUT2D eigenvalue weighted by molar-refractivity contribution is 6.30. The lowest BCUT2D eigenvalue weighted by atomic mass is 9.92. The van der Waals surface area contributed by atoms with Gasteiger partial charge >= 0.3 is 0 Å². The van der Waals surface area contributed by atoms with Gasteiger partial charge in [0.1, 0.15) is 12.7 Å². The number of anilines is 1. The van der Waals surface area contributed by atoms with Crippen LogP contribution in [-0.2, 0) is 9.53 Å². The third-order valence-corrected chi connectivity index (χ3v) is 5.20. The molecule has 156 valence electrons. The smallest absolute Gasteiger partial charge is 0.253 e. The maximum atomic E-state index is 12.9. The number of aliphatic hydroxyl groups is 1. The van der Waals surface area contributed by atoms with Crippen LogP contribution in [0.5, 0.6) is 11.5 Å². The van der Waals surface area contributed by atoms with Gasteiger partial charge in [0.25, 0.3) is 5.91 Å². The van der Waals surface area contributed by atoms with Crippen molar-refractivity contribution in [2.24, 2.45) is 5.41 Å². The van der Waals surface area contributed by atoms with Gasteiger partial charge in [0.2, 0.25) is 0 Å². The summed E-state index contributed by atoms with van der Waals surface area (Å²) in [7, 11) is 3.14. The van der Waals surface area contributed by atoms with Crippen molar-refractivity contribution in [3.8, 4) is 11.5 Å². The van der Waals surface area contributed by atoms with Gasteiger partial charge in [-0.1, -0.05) is 37.6 Å². The normalized spacial score (nSPS) is 17.0. The van der Waals surface area contributed by atoms with Gasteiger partial charge in [-0.05, 0) is 24.3 Å². The zero-order chi connectivity index (χ0) is 21.2. The molecule has 2 aromatic rings. The summed E-state index contributed by atoms with van der Waals surface area (Å²) >= 11 is 6.30. The Morgan fingerprint density at radius 3 is 2.62 bits per heavy atom. The maximum Gasteiger partial charge on any atom is 0.253 e. The molecule has 0 spiro atoms. The summed E-state index contributed by atoms with van der Waals surface area (Å²) in [6, 6.07) is 10.9. The first-order valence-corrected chi connectivity index (χ1v) is 9.72. The van der Waals surface area contributed by atoms with Crippen LogP contribution in [0.1, 0.15) is 31.1 Å². The average Bonchev–Trinajstić information content (AvgIpc) is 2.84. The summed E-state index contributed by atoms with van der Waals surface area (Å²) in [5.74, 6) is 0.938. The standard InChI is InChI=1S/C22H26ClNO5/c1-22(2,13-25)12-24-17-9-8-14(23)10-16(17)20(29-11-19(24)26)15-6-5-7-18(27-3)21(15)28-4/h5-10,20,25H,11-13H2,1-4H3. The van der Waals surface area contributed by atoms with Crippen LogP contribution in [0.2, 0.25) is 5.02 Å². The summed E-state index contributed by atoms with van der Waals surface area (Å²) in [6.45, 7) is 4.00. The van der Waals surface area contributed by atoms with Crippen molar-refractivity contribution in [3.05, 3.63) is 52.5 Å². The van der Waals surface area contributed by atoms with E-state index in [2.05, 4.69) is 0 Å². The molecular formula is C22H26ClNO5. The number of aliphatic hydroxyl groups excluding tert-OH is 1. The molecule has 0 aliphatic carbocycles. The number of amides is 1. The summed E-state index contributed by atoms with van der Waals surface area (Å²) in [5, 5.41) is 10.2. The molecule has 0 fully saturated rings. The third-order valence-electron chi connectivity index (χ3n) is 4.97. The van der Waals surface area contributed by atoms with Gasteiger partial charge in [0, 0.05) is 40.4 Å². The van der Waals surface area contributed by atoms with E-state index in [1.807, 2.05) is 32.0 Å². The molecule has 0 saturated carbocycles. The number of methoxy groups -OCH3 is 2. The van der Waals surface area contributed by atoms with Crippen molar-refractivity contribution in [2.75, 3.05) is 38.9 Å². The number of carbonyl (C=O) groups is 1. The van der Waals surface area contributed by atoms with Crippen LogP contribution >= 0.6 is 11.6 Å². The lowest BCUT2D eigenvalue weighted by molar-refractivity contribution is -0.124. The van der Waals surface area contributed by atoms with Gasteiger partial charge in [-0.25, -0.2) is 0 Å². The van der Waals surface area contributed by atoms with Crippen molar-refractivity contribution in [1.82, 2.24) is 0 Å². The van der Waals surface area contributed by atoms with E-state index in [0.29, 0.717) is 28.8 Å². The molecule has 1 aliphatic heterocycles. The predicted molar refractivity (Wildman–Crippen MR) is 112 cm³/mol. The van der Waals surface area contributed by atoms with Crippen molar-refractivity contribution >= 4 is 23.2 Å². The zero-order valence-electron chi connectivity index (χ0n) is 17.1. The summed E-state index contributed by atoms with van der Waals surface area (Å²) in [4.78, 5) is 14.6. The second kappa shape index (κ2) is 8.61. The molecule has 0 saturated heterocycles. The van der Waals surface area contributed by atoms with E-state index in [1.165, 1.54) is 0 Å². The van der Waals surface area contributed by atoms with Crippen molar-refractivity contribution in [2.45, 2.75) is 20.0 Å². The van der Waals surface area contributed by atoms with Gasteiger partial charge in [-0.15, -0.1) is 0 Å². The first kappa shape index (κ1) is 21.4. The Labute approximate surface area is 175 Å². The zero-order valence-corrected chi connectivity index (χ0v) is 17.8. The van der Waals surface area contributed by atoms with Crippen LogP contribution in [0.15, 0.2) is 36.4 Å². The van der Waals surface area contributed by atoms with Crippen LogP contribution in [0, 0.1) is 5.41 Å². The molecule has 29 heavy (non-hydrogen) atoms. The van der Waals surface area contributed by atoms with Crippen LogP contribution in [-0.4, -0.2) is 45.0 Å². The minimum Gasteiger partial charge on any atom is -0.493 e. The molecule has 6 nitrogen and oxygen atoms in total. The molecule has 0 bridgehead atoms. The summed E-state index contributed by atoms with van der Waals surface area (Å²) in [6.07, 6.45) is -0.570. The lowest BCUT2D eigenvalue weighted by Gasteiger charge is -2.31. The number of ether oxygens (including phenoxy) is 3. The number of hydrogen-bond acceptors (Lipinski definition) is 5. The molecule has 1 N–H and O–H groups in total.